The van der Waals surface area contributed by atoms with Crippen LogP contribution in [0.5, 0.6) is 5.75 Å². The Morgan fingerprint density at radius 1 is 1.14 bits per heavy atom. The summed E-state index contributed by atoms with van der Waals surface area (Å²) in [5.41, 5.74) is 3.15. The molecule has 0 aliphatic carbocycles. The Morgan fingerprint density at radius 2 is 1.90 bits per heavy atom. The number of hydrogen-bond donors (Lipinski definition) is 2. The van der Waals surface area contributed by atoms with Crippen molar-refractivity contribution < 1.29 is 9.53 Å². The fraction of sp³-hybridized carbons (Fsp3) is 0.364. The van der Waals surface area contributed by atoms with Gasteiger partial charge in [0, 0.05) is 37.3 Å². The first kappa shape index (κ1) is 23.0. The Bertz CT molecular complexity index is 824. The van der Waals surface area contributed by atoms with Gasteiger partial charge in [-0.2, -0.15) is 0 Å². The second kappa shape index (κ2) is 11.6. The molecule has 29 heavy (non-hydrogen) atoms. The quantitative estimate of drug-likeness (QED) is 0.340. The van der Waals surface area contributed by atoms with E-state index in [9.17, 15) is 4.79 Å². The Hall–Kier alpha value is -2.29. The summed E-state index contributed by atoms with van der Waals surface area (Å²) in [6.07, 6.45) is 1.59. The van der Waals surface area contributed by atoms with Gasteiger partial charge in [0.1, 0.15) is 5.75 Å². The van der Waals surface area contributed by atoms with Gasteiger partial charge in [0.25, 0.3) is 0 Å². The number of nitrogens with one attached hydrogen (secondary N) is 2. The average Bonchev–Trinajstić information content (AvgIpc) is 3.16. The van der Waals surface area contributed by atoms with Crippen molar-refractivity contribution in [2.24, 2.45) is 4.99 Å². The Morgan fingerprint density at radius 3 is 2.55 bits per heavy atom. The molecule has 0 radical (unpaired) electrons. The first-order valence-electron chi connectivity index (χ1n) is 9.74. The van der Waals surface area contributed by atoms with E-state index in [1.54, 1.807) is 7.11 Å². The zero-order valence-electron chi connectivity index (χ0n) is 17.0. The van der Waals surface area contributed by atoms with Crippen molar-refractivity contribution in [2.45, 2.75) is 32.9 Å². The highest BCUT2D eigenvalue weighted by molar-refractivity contribution is 14.0. The van der Waals surface area contributed by atoms with Crippen LogP contribution in [-0.2, 0) is 17.9 Å². The number of para-hydroxylation sites is 1. The zero-order valence-corrected chi connectivity index (χ0v) is 19.3. The molecular formula is C22H29IN4O2. The molecule has 6 nitrogen and oxygen atoms in total. The summed E-state index contributed by atoms with van der Waals surface area (Å²) in [5, 5.41) is 6.62. The number of guanidine groups is 1. The van der Waals surface area contributed by atoms with Gasteiger partial charge in [-0.15, -0.1) is 24.0 Å². The predicted molar refractivity (Wildman–Crippen MR) is 128 cm³/mol. The molecule has 0 saturated carbocycles. The van der Waals surface area contributed by atoms with E-state index in [-0.39, 0.29) is 29.9 Å². The van der Waals surface area contributed by atoms with Gasteiger partial charge in [-0.05, 0) is 37.1 Å². The molecule has 0 spiro atoms. The molecule has 0 bridgehead atoms. The Kier molecular flexibility index (Phi) is 9.24. The van der Waals surface area contributed by atoms with Crippen LogP contribution in [0, 0.1) is 0 Å². The predicted octanol–water partition coefficient (Wildman–Crippen LogP) is 3.70. The lowest BCUT2D eigenvalue weighted by Gasteiger charge is -2.16. The number of halogens is 1. The first-order valence-corrected chi connectivity index (χ1v) is 9.74. The molecule has 1 saturated heterocycles. The number of anilines is 1. The SMILES string of the molecule is CCNC(=NCc1ccc(N2CCCC2=O)cc1)NCc1ccccc1OC.I. The summed E-state index contributed by atoms with van der Waals surface area (Å²) >= 11 is 0. The van der Waals surface area contributed by atoms with Crippen LogP contribution in [0.1, 0.15) is 30.9 Å². The highest BCUT2D eigenvalue weighted by atomic mass is 127. The molecule has 0 aromatic heterocycles. The maximum absolute atomic E-state index is 11.9. The molecule has 0 unspecified atom stereocenters. The first-order chi connectivity index (χ1) is 13.7. The van der Waals surface area contributed by atoms with Gasteiger partial charge in [-0.1, -0.05) is 30.3 Å². The minimum Gasteiger partial charge on any atom is -0.496 e. The van der Waals surface area contributed by atoms with Gasteiger partial charge in [0.15, 0.2) is 5.96 Å². The number of hydrogen-bond acceptors (Lipinski definition) is 3. The summed E-state index contributed by atoms with van der Waals surface area (Å²) in [4.78, 5) is 18.4. The number of aliphatic imine (C=N–C) groups is 1. The lowest BCUT2D eigenvalue weighted by molar-refractivity contribution is -0.117. The van der Waals surface area contributed by atoms with Crippen molar-refractivity contribution in [3.63, 3.8) is 0 Å². The smallest absolute Gasteiger partial charge is 0.227 e. The van der Waals surface area contributed by atoms with Crippen LogP contribution < -0.4 is 20.3 Å². The van der Waals surface area contributed by atoms with E-state index in [1.807, 2.05) is 60.4 Å². The monoisotopic (exact) mass is 508 g/mol. The molecule has 1 aliphatic heterocycles. The standard InChI is InChI=1S/C22H28N4O2.HI/c1-3-23-22(25-16-18-7-4-5-8-20(18)28-2)24-15-17-10-12-19(13-11-17)26-14-6-9-21(26)27;/h4-5,7-8,10-13H,3,6,9,14-16H2,1-2H3,(H2,23,24,25);1H. The lowest BCUT2D eigenvalue weighted by Crippen LogP contribution is -2.36. The number of carbonyl (C=O) groups excluding carboxylic acids is 1. The fourth-order valence-corrected chi connectivity index (χ4v) is 3.24. The summed E-state index contributed by atoms with van der Waals surface area (Å²) in [7, 11) is 1.68. The summed E-state index contributed by atoms with van der Waals surface area (Å²) < 4.78 is 5.40. The third kappa shape index (κ3) is 6.35. The van der Waals surface area contributed by atoms with Crippen LogP contribution in [0.15, 0.2) is 53.5 Å². The number of benzene rings is 2. The van der Waals surface area contributed by atoms with E-state index in [4.69, 9.17) is 4.74 Å². The molecule has 2 aromatic carbocycles. The molecule has 1 heterocycles. The molecule has 0 atom stereocenters. The van der Waals surface area contributed by atoms with Crippen molar-refractivity contribution in [3.05, 3.63) is 59.7 Å². The molecule has 2 N–H and O–H groups in total. The highest BCUT2D eigenvalue weighted by Crippen LogP contribution is 2.21. The number of nitrogens with zero attached hydrogens (tertiary/aromatic N) is 2. The molecule has 7 heteroatoms. The van der Waals surface area contributed by atoms with Gasteiger partial charge in [0.2, 0.25) is 5.91 Å². The van der Waals surface area contributed by atoms with Gasteiger partial charge in [-0.3, -0.25) is 4.79 Å². The van der Waals surface area contributed by atoms with E-state index in [2.05, 4.69) is 15.6 Å². The number of methoxy groups -OCH3 is 1. The van der Waals surface area contributed by atoms with Gasteiger partial charge in [0.05, 0.1) is 13.7 Å². The molecule has 1 fully saturated rings. The molecular weight excluding hydrogens is 479 g/mol. The third-order valence-electron chi connectivity index (χ3n) is 4.72. The normalized spacial score (nSPS) is 13.8. The van der Waals surface area contributed by atoms with Gasteiger partial charge < -0.3 is 20.3 Å². The van der Waals surface area contributed by atoms with Crippen LogP contribution in [0.4, 0.5) is 5.69 Å². The van der Waals surface area contributed by atoms with E-state index in [0.717, 1.165) is 48.0 Å². The van der Waals surface area contributed by atoms with Crippen molar-refractivity contribution in [3.8, 4) is 5.75 Å². The minimum absolute atomic E-state index is 0. The molecule has 1 aliphatic rings. The summed E-state index contributed by atoms with van der Waals surface area (Å²) in [5.74, 6) is 1.82. The Labute approximate surface area is 189 Å². The van der Waals surface area contributed by atoms with Crippen LogP contribution in [-0.4, -0.2) is 32.1 Å². The van der Waals surface area contributed by atoms with Crippen LogP contribution in [0.3, 0.4) is 0 Å². The van der Waals surface area contributed by atoms with E-state index >= 15 is 0 Å². The topological polar surface area (TPSA) is 66.0 Å². The second-order valence-electron chi connectivity index (χ2n) is 6.68. The maximum Gasteiger partial charge on any atom is 0.227 e. The van der Waals surface area contributed by atoms with E-state index < -0.39 is 0 Å². The molecule has 156 valence electrons. The zero-order chi connectivity index (χ0) is 19.8. The number of rotatable bonds is 7. The number of carbonyl (C=O) groups is 1. The van der Waals surface area contributed by atoms with Crippen LogP contribution in [0.2, 0.25) is 0 Å². The summed E-state index contributed by atoms with van der Waals surface area (Å²) in [6, 6.07) is 16.0. The van der Waals surface area contributed by atoms with Crippen molar-refractivity contribution in [1.82, 2.24) is 10.6 Å². The van der Waals surface area contributed by atoms with Gasteiger partial charge >= 0.3 is 0 Å². The van der Waals surface area contributed by atoms with Gasteiger partial charge in [-0.25, -0.2) is 4.99 Å². The lowest BCUT2D eigenvalue weighted by atomic mass is 10.2. The van der Waals surface area contributed by atoms with Crippen LogP contribution >= 0.6 is 24.0 Å². The van der Waals surface area contributed by atoms with Crippen LogP contribution in [0.25, 0.3) is 0 Å². The highest BCUT2D eigenvalue weighted by Gasteiger charge is 2.21. The third-order valence-corrected chi connectivity index (χ3v) is 4.72. The minimum atomic E-state index is 0. The molecule has 1 amide bonds. The number of amides is 1. The average molecular weight is 508 g/mol. The largest absolute Gasteiger partial charge is 0.496 e. The maximum atomic E-state index is 11.9. The van der Waals surface area contributed by atoms with Crippen molar-refractivity contribution >= 4 is 41.5 Å². The van der Waals surface area contributed by atoms with E-state index in [1.165, 1.54) is 0 Å². The second-order valence-corrected chi connectivity index (χ2v) is 6.68. The summed E-state index contributed by atoms with van der Waals surface area (Å²) in [6.45, 7) is 4.84. The fourth-order valence-electron chi connectivity index (χ4n) is 3.24. The van der Waals surface area contributed by atoms with Crippen molar-refractivity contribution in [1.29, 1.82) is 0 Å². The number of ether oxygens (including phenoxy) is 1. The molecule has 2 aromatic rings. The van der Waals surface area contributed by atoms with Crippen molar-refractivity contribution in [2.75, 3.05) is 25.1 Å². The Balaban J connectivity index is 0.00000300. The molecule has 3 rings (SSSR count). The van der Waals surface area contributed by atoms with E-state index in [0.29, 0.717) is 19.5 Å².